The normalized spacial score (nSPS) is 10.8. The molecule has 5 aromatic carbocycles. The van der Waals surface area contributed by atoms with Crippen LogP contribution in [0.25, 0.3) is 44.1 Å². The number of carbonyl (C=O) groups is 2. The number of hydrogen-bond donors (Lipinski definition) is 2. The largest absolute Gasteiger partial charge is 0.573 e. The highest BCUT2D eigenvalue weighted by atomic mass is 32.1. The Balaban J connectivity index is 0.000000236. The van der Waals surface area contributed by atoms with Gasteiger partial charge in [0.1, 0.15) is 15.7 Å². The van der Waals surface area contributed by atoms with Crippen LogP contribution in [0.2, 0.25) is 0 Å². The summed E-state index contributed by atoms with van der Waals surface area (Å²) in [5.74, 6) is -2.23. The molecule has 13 nitrogen and oxygen atoms in total. The molecule has 0 aliphatic carbocycles. The van der Waals surface area contributed by atoms with Crippen molar-refractivity contribution in [2.45, 2.75) is 6.36 Å². The van der Waals surface area contributed by atoms with Crippen LogP contribution in [0.1, 0.15) is 26.3 Å². The number of aromatic carboxylic acids is 1. The first-order valence-corrected chi connectivity index (χ1v) is 17.1. The summed E-state index contributed by atoms with van der Waals surface area (Å²) in [5, 5.41) is 34.4. The Morgan fingerprint density at radius 1 is 0.786 bits per heavy atom. The summed E-state index contributed by atoms with van der Waals surface area (Å²) >= 11 is 6.11. The number of para-hydroxylation sites is 2. The molecule has 0 amide bonds. The number of thiocarbonyl (C=S) groups is 1. The monoisotopic (exact) mass is 802 g/mol. The molecule has 0 fully saturated rings. The van der Waals surface area contributed by atoms with E-state index in [1.54, 1.807) is 47.8 Å². The number of nitrogens with two attached hydrogens (primary N) is 1. The van der Waals surface area contributed by atoms with E-state index in [-0.39, 0.29) is 44.4 Å². The zero-order valence-electron chi connectivity index (χ0n) is 28.6. The van der Waals surface area contributed by atoms with Crippen LogP contribution < -0.4 is 10.5 Å². The van der Waals surface area contributed by atoms with E-state index >= 15 is 0 Å². The second-order valence-corrected chi connectivity index (χ2v) is 12.6. The number of ether oxygens (including phenoxy) is 2. The lowest BCUT2D eigenvalue weighted by Gasteiger charge is -2.10. The Hall–Kier alpha value is -7.05. The first kappa shape index (κ1) is 40.1. The summed E-state index contributed by atoms with van der Waals surface area (Å²) in [6.07, 6.45) is -4.79. The molecule has 0 aliphatic heterocycles. The summed E-state index contributed by atoms with van der Waals surface area (Å²) in [5.41, 5.74) is 8.37. The molecule has 0 spiro atoms. The Morgan fingerprint density at radius 2 is 1.32 bits per heavy atom. The number of esters is 1. The molecule has 1 aromatic heterocycles. The van der Waals surface area contributed by atoms with Gasteiger partial charge in [-0.15, -0.1) is 24.5 Å². The number of nitro benzene ring substituents is 2. The fraction of sp³-hybridized carbons (Fsp3) is 0.0526. The number of rotatable bonds is 10. The summed E-state index contributed by atoms with van der Waals surface area (Å²) < 4.78 is 45.6. The maximum atomic E-state index is 12.3. The van der Waals surface area contributed by atoms with Gasteiger partial charge >= 0.3 is 18.3 Å². The Morgan fingerprint density at radius 3 is 1.84 bits per heavy atom. The third kappa shape index (κ3) is 9.35. The summed E-state index contributed by atoms with van der Waals surface area (Å²) in [6, 6.07) is 26.4. The molecule has 56 heavy (non-hydrogen) atoms. The van der Waals surface area contributed by atoms with Crippen molar-refractivity contribution < 1.29 is 47.2 Å². The van der Waals surface area contributed by atoms with Crippen LogP contribution in [-0.4, -0.2) is 50.3 Å². The molecule has 6 aromatic rings. The topological polar surface area (TPSA) is 198 Å². The fourth-order valence-electron chi connectivity index (χ4n) is 5.39. The van der Waals surface area contributed by atoms with Crippen molar-refractivity contribution in [1.29, 1.82) is 0 Å². The lowest BCUT2D eigenvalue weighted by Crippen LogP contribution is -2.16. The van der Waals surface area contributed by atoms with Gasteiger partial charge in [0.25, 0.3) is 11.4 Å². The highest BCUT2D eigenvalue weighted by Crippen LogP contribution is 2.37. The van der Waals surface area contributed by atoms with Gasteiger partial charge in [0.2, 0.25) is 0 Å². The van der Waals surface area contributed by atoms with Gasteiger partial charge in [-0.1, -0.05) is 60.7 Å². The van der Waals surface area contributed by atoms with Crippen molar-refractivity contribution in [2.24, 2.45) is 5.73 Å². The predicted octanol–water partition coefficient (Wildman–Crippen LogP) is 9.33. The van der Waals surface area contributed by atoms with Crippen molar-refractivity contribution in [3.8, 4) is 49.8 Å². The van der Waals surface area contributed by atoms with Gasteiger partial charge in [-0.25, -0.2) is 14.6 Å². The molecule has 0 atom stereocenters. The molecule has 0 saturated carbocycles. The van der Waals surface area contributed by atoms with Crippen LogP contribution in [0, 0.1) is 20.2 Å². The number of thiazole rings is 1. The number of carboxylic acids is 1. The van der Waals surface area contributed by atoms with Crippen molar-refractivity contribution in [3.63, 3.8) is 0 Å². The third-order valence-electron chi connectivity index (χ3n) is 7.88. The van der Waals surface area contributed by atoms with Gasteiger partial charge < -0.3 is 20.3 Å². The van der Waals surface area contributed by atoms with Crippen LogP contribution in [0.15, 0.2) is 115 Å². The maximum absolute atomic E-state index is 12.3. The number of benzene rings is 5. The van der Waals surface area contributed by atoms with E-state index in [0.717, 1.165) is 0 Å². The molecule has 0 radical (unpaired) electrons. The Kier molecular flexibility index (Phi) is 12.2. The second kappa shape index (κ2) is 17.0. The van der Waals surface area contributed by atoms with Crippen LogP contribution in [0.5, 0.6) is 5.75 Å². The number of carbonyl (C=O) groups excluding carboxylic acids is 1. The zero-order valence-corrected chi connectivity index (χ0v) is 30.2. The number of alkyl halides is 3. The molecule has 0 bridgehead atoms. The van der Waals surface area contributed by atoms with E-state index < -0.39 is 28.1 Å². The smallest absolute Gasteiger partial charge is 0.478 e. The molecule has 3 N–H and O–H groups in total. The minimum Gasteiger partial charge on any atom is -0.478 e. The van der Waals surface area contributed by atoms with Crippen molar-refractivity contribution in [1.82, 2.24) is 4.98 Å². The van der Waals surface area contributed by atoms with E-state index in [1.165, 1.54) is 85.2 Å². The number of aromatic nitrogens is 1. The quantitative estimate of drug-likeness (QED) is 0.0577. The van der Waals surface area contributed by atoms with Crippen LogP contribution in [-0.2, 0) is 4.74 Å². The minimum atomic E-state index is -4.79. The second-order valence-electron chi connectivity index (χ2n) is 11.3. The van der Waals surface area contributed by atoms with Gasteiger partial charge in [-0.3, -0.25) is 20.2 Å². The summed E-state index contributed by atoms with van der Waals surface area (Å²) in [6.45, 7) is 0. The predicted molar refractivity (Wildman–Crippen MR) is 204 cm³/mol. The Bertz CT molecular complexity index is 2490. The van der Waals surface area contributed by atoms with Gasteiger partial charge in [-0.05, 0) is 48.5 Å². The van der Waals surface area contributed by atoms with Gasteiger partial charge in [0, 0.05) is 45.3 Å². The first-order valence-electron chi connectivity index (χ1n) is 15.8. The molecule has 0 aliphatic rings. The molecule has 6 rings (SSSR count). The number of methoxy groups -OCH3 is 1. The van der Waals surface area contributed by atoms with E-state index in [9.17, 15) is 48.1 Å². The van der Waals surface area contributed by atoms with Crippen LogP contribution in [0.3, 0.4) is 0 Å². The number of nitro groups is 2. The fourth-order valence-corrected chi connectivity index (χ4v) is 6.34. The number of carboxylic acid groups (broad SMARTS) is 1. The molecule has 284 valence electrons. The highest BCUT2D eigenvalue weighted by molar-refractivity contribution is 7.80. The highest BCUT2D eigenvalue weighted by Gasteiger charge is 2.31. The number of hydrogen-bond acceptors (Lipinski definition) is 11. The summed E-state index contributed by atoms with van der Waals surface area (Å²) in [7, 11) is 1.24. The first-order chi connectivity index (χ1) is 26.6. The van der Waals surface area contributed by atoms with Crippen LogP contribution >= 0.6 is 23.6 Å². The standard InChI is InChI=1S/C23H13F3N2O5S.C15H12N2O4S/c24-23(25,26)33-15-8-5-13(6-9-15)19-12-34-21(27-19)14-7-10-16(18(11-14)22(29)30)17-3-1-2-4-20(17)28(31)32;1-21-15(18)12-8-9(14(16)22)6-7-10(12)11-4-2-3-5-13(11)17(19)20/h1-12H,(H,29,30);2-8H,1H3,(H2,16,22). The average Bonchev–Trinajstić information content (AvgIpc) is 3.67. The van der Waals surface area contributed by atoms with E-state index in [2.05, 4.69) is 9.72 Å². The molecular formula is C38H25F3N4O9S2. The molecule has 0 unspecified atom stereocenters. The lowest BCUT2D eigenvalue weighted by molar-refractivity contribution is -0.384. The lowest BCUT2D eigenvalue weighted by atomic mass is 9.96. The molecule has 18 heteroatoms. The average molecular weight is 803 g/mol. The SMILES string of the molecule is COC(=O)c1cc(C(N)=S)ccc1-c1ccccc1[N+](=O)[O-].O=C(O)c1cc(-c2nc(-c3ccc(OC(F)(F)F)cc3)cs2)ccc1-c1ccccc1[N+](=O)[O-]. The van der Waals surface area contributed by atoms with E-state index in [1.807, 2.05) is 0 Å². The van der Waals surface area contributed by atoms with Crippen molar-refractivity contribution in [3.05, 3.63) is 151 Å². The van der Waals surface area contributed by atoms with Crippen molar-refractivity contribution in [2.75, 3.05) is 7.11 Å². The molecule has 1 heterocycles. The van der Waals surface area contributed by atoms with Gasteiger partial charge in [0.05, 0.1) is 44.9 Å². The maximum Gasteiger partial charge on any atom is 0.573 e. The zero-order chi connectivity index (χ0) is 40.7. The van der Waals surface area contributed by atoms with Crippen LogP contribution in [0.4, 0.5) is 24.5 Å². The third-order valence-corrected chi connectivity index (χ3v) is 9.00. The van der Waals surface area contributed by atoms with Crippen molar-refractivity contribution >= 4 is 51.9 Å². The summed E-state index contributed by atoms with van der Waals surface area (Å²) in [4.78, 5) is 50.0. The number of nitrogens with zero attached hydrogens (tertiary/aromatic N) is 3. The molecule has 0 saturated heterocycles. The van der Waals surface area contributed by atoms with E-state index in [4.69, 9.17) is 22.7 Å². The number of halogens is 3. The minimum absolute atomic E-state index is 0.101. The van der Waals surface area contributed by atoms with Gasteiger partial charge in [0.15, 0.2) is 0 Å². The van der Waals surface area contributed by atoms with E-state index in [0.29, 0.717) is 38.5 Å². The Labute approximate surface area is 323 Å². The van der Waals surface area contributed by atoms with Gasteiger partial charge in [-0.2, -0.15) is 0 Å². The molecular weight excluding hydrogens is 778 g/mol.